The van der Waals surface area contributed by atoms with E-state index < -0.39 is 0 Å². The van der Waals surface area contributed by atoms with Crippen molar-refractivity contribution in [3.8, 4) is 5.75 Å². The van der Waals surface area contributed by atoms with E-state index in [-0.39, 0.29) is 18.1 Å². The van der Waals surface area contributed by atoms with Gasteiger partial charge in [0.25, 0.3) is 0 Å². The molecule has 0 heterocycles. The molecule has 108 valence electrons. The Labute approximate surface area is 121 Å². The van der Waals surface area contributed by atoms with Gasteiger partial charge in [0.2, 0.25) is 0 Å². The van der Waals surface area contributed by atoms with Gasteiger partial charge in [0, 0.05) is 17.6 Å². The Morgan fingerprint density at radius 1 is 1.26 bits per heavy atom. The fourth-order valence-corrected chi connectivity index (χ4v) is 2.19. The number of likely N-dealkylation sites (N-methyl/N-ethyl adjacent to an activating group) is 1. The van der Waals surface area contributed by atoms with Crippen molar-refractivity contribution in [1.29, 1.82) is 0 Å². The van der Waals surface area contributed by atoms with Crippen LogP contribution in [-0.4, -0.2) is 42.9 Å². The number of ether oxygens (including phenoxy) is 1. The standard InChI is InChI=1S/C15H24ClNO2/c1-15(2,3)14(11-18)17(4)9-10-19-13-7-5-12(16)6-8-13/h5-8,14,18H,9-11H2,1-4H3. The summed E-state index contributed by atoms with van der Waals surface area (Å²) in [5, 5.41) is 10.2. The summed E-state index contributed by atoms with van der Waals surface area (Å²) >= 11 is 5.82. The van der Waals surface area contributed by atoms with Gasteiger partial charge in [0.05, 0.1) is 6.61 Å². The lowest BCUT2D eigenvalue weighted by Gasteiger charge is -2.36. The summed E-state index contributed by atoms with van der Waals surface area (Å²) in [6, 6.07) is 7.46. The minimum atomic E-state index is 0.0454. The molecule has 1 unspecified atom stereocenters. The second-order valence-corrected chi connectivity index (χ2v) is 6.28. The van der Waals surface area contributed by atoms with Crippen molar-refractivity contribution in [2.45, 2.75) is 26.8 Å². The second-order valence-electron chi connectivity index (χ2n) is 5.85. The zero-order valence-corrected chi connectivity index (χ0v) is 12.9. The van der Waals surface area contributed by atoms with Crippen molar-refractivity contribution in [3.05, 3.63) is 29.3 Å². The van der Waals surface area contributed by atoms with Crippen LogP contribution in [0.25, 0.3) is 0 Å². The number of hydrogen-bond acceptors (Lipinski definition) is 3. The van der Waals surface area contributed by atoms with Crippen LogP contribution in [0, 0.1) is 5.41 Å². The van der Waals surface area contributed by atoms with Crippen molar-refractivity contribution in [2.24, 2.45) is 5.41 Å². The molecule has 1 aromatic rings. The molecule has 1 N–H and O–H groups in total. The van der Waals surface area contributed by atoms with Crippen molar-refractivity contribution >= 4 is 11.6 Å². The number of aliphatic hydroxyl groups is 1. The van der Waals surface area contributed by atoms with E-state index in [4.69, 9.17) is 16.3 Å². The van der Waals surface area contributed by atoms with Crippen LogP contribution in [0.5, 0.6) is 5.75 Å². The van der Waals surface area contributed by atoms with E-state index in [9.17, 15) is 5.11 Å². The first-order chi connectivity index (χ1) is 8.84. The highest BCUT2D eigenvalue weighted by Crippen LogP contribution is 2.23. The minimum Gasteiger partial charge on any atom is -0.492 e. The highest BCUT2D eigenvalue weighted by molar-refractivity contribution is 6.30. The highest BCUT2D eigenvalue weighted by Gasteiger charge is 2.27. The van der Waals surface area contributed by atoms with Gasteiger partial charge in [-0.15, -0.1) is 0 Å². The van der Waals surface area contributed by atoms with Crippen molar-refractivity contribution in [3.63, 3.8) is 0 Å². The van der Waals surface area contributed by atoms with Gasteiger partial charge >= 0.3 is 0 Å². The van der Waals surface area contributed by atoms with E-state index in [0.29, 0.717) is 11.6 Å². The third kappa shape index (κ3) is 5.39. The molecule has 0 amide bonds. The molecule has 0 saturated heterocycles. The lowest BCUT2D eigenvalue weighted by Crippen LogP contribution is -2.45. The molecular weight excluding hydrogens is 262 g/mol. The lowest BCUT2D eigenvalue weighted by atomic mass is 9.86. The summed E-state index contributed by atoms with van der Waals surface area (Å²) in [4.78, 5) is 2.13. The average Bonchev–Trinajstić information content (AvgIpc) is 2.30. The van der Waals surface area contributed by atoms with Gasteiger partial charge < -0.3 is 9.84 Å². The monoisotopic (exact) mass is 285 g/mol. The molecule has 0 aliphatic carbocycles. The average molecular weight is 286 g/mol. The van der Waals surface area contributed by atoms with Crippen molar-refractivity contribution in [1.82, 2.24) is 4.90 Å². The molecule has 0 aliphatic heterocycles. The number of halogens is 1. The molecule has 0 spiro atoms. The van der Waals surface area contributed by atoms with E-state index in [1.165, 1.54) is 0 Å². The van der Waals surface area contributed by atoms with Crippen LogP contribution in [0.15, 0.2) is 24.3 Å². The van der Waals surface area contributed by atoms with Crippen LogP contribution >= 0.6 is 11.6 Å². The summed E-state index contributed by atoms with van der Waals surface area (Å²) in [5.41, 5.74) is 0.0454. The molecule has 4 heteroatoms. The molecular formula is C15H24ClNO2. The van der Waals surface area contributed by atoms with Gasteiger partial charge in [-0.25, -0.2) is 0 Å². The largest absolute Gasteiger partial charge is 0.492 e. The fourth-order valence-electron chi connectivity index (χ4n) is 2.07. The Balaban J connectivity index is 2.41. The second kappa shape index (κ2) is 7.13. The third-order valence-electron chi connectivity index (χ3n) is 3.23. The zero-order valence-electron chi connectivity index (χ0n) is 12.2. The first-order valence-electron chi connectivity index (χ1n) is 6.54. The summed E-state index contributed by atoms with van der Waals surface area (Å²) in [6.07, 6.45) is 0. The van der Waals surface area contributed by atoms with Crippen molar-refractivity contribution in [2.75, 3.05) is 26.8 Å². The topological polar surface area (TPSA) is 32.7 Å². The lowest BCUT2D eigenvalue weighted by molar-refractivity contribution is 0.0575. The van der Waals surface area contributed by atoms with E-state index in [2.05, 4.69) is 25.7 Å². The molecule has 0 radical (unpaired) electrons. The fraction of sp³-hybridized carbons (Fsp3) is 0.600. The molecule has 0 bridgehead atoms. The Morgan fingerprint density at radius 3 is 2.32 bits per heavy atom. The first kappa shape index (κ1) is 16.3. The molecule has 0 aromatic heterocycles. The summed E-state index contributed by atoms with van der Waals surface area (Å²) in [5.74, 6) is 0.814. The number of hydrogen-bond donors (Lipinski definition) is 1. The maximum absolute atomic E-state index is 9.48. The SMILES string of the molecule is CN(CCOc1ccc(Cl)cc1)C(CO)C(C)(C)C. The van der Waals surface area contributed by atoms with Gasteiger partial charge in [-0.3, -0.25) is 4.90 Å². The minimum absolute atomic E-state index is 0.0454. The molecule has 3 nitrogen and oxygen atoms in total. The van der Waals surface area contributed by atoms with Crippen LogP contribution in [0.3, 0.4) is 0 Å². The number of nitrogens with zero attached hydrogens (tertiary/aromatic N) is 1. The number of rotatable bonds is 6. The molecule has 1 rings (SSSR count). The maximum Gasteiger partial charge on any atom is 0.119 e. The normalized spacial score (nSPS) is 13.6. The molecule has 0 aliphatic rings. The van der Waals surface area contributed by atoms with E-state index in [1.807, 2.05) is 31.3 Å². The Morgan fingerprint density at radius 2 is 1.84 bits per heavy atom. The molecule has 1 atom stereocenters. The van der Waals surface area contributed by atoms with Gasteiger partial charge in [0.1, 0.15) is 12.4 Å². The Hall–Kier alpha value is -0.770. The highest BCUT2D eigenvalue weighted by atomic mass is 35.5. The summed E-state index contributed by atoms with van der Waals surface area (Å²) in [6.45, 7) is 7.90. The van der Waals surface area contributed by atoms with Crippen LogP contribution in [0.2, 0.25) is 5.02 Å². The van der Waals surface area contributed by atoms with Crippen molar-refractivity contribution < 1.29 is 9.84 Å². The summed E-state index contributed by atoms with van der Waals surface area (Å²) in [7, 11) is 2.01. The zero-order chi connectivity index (χ0) is 14.5. The third-order valence-corrected chi connectivity index (χ3v) is 3.48. The van der Waals surface area contributed by atoms with E-state index in [1.54, 1.807) is 0 Å². The Kier molecular flexibility index (Phi) is 6.11. The van der Waals surface area contributed by atoms with Crippen LogP contribution in [0.4, 0.5) is 0 Å². The molecule has 0 fully saturated rings. The first-order valence-corrected chi connectivity index (χ1v) is 6.92. The summed E-state index contributed by atoms with van der Waals surface area (Å²) < 4.78 is 5.66. The van der Waals surface area contributed by atoms with Gasteiger partial charge in [-0.1, -0.05) is 32.4 Å². The number of aliphatic hydroxyl groups excluding tert-OH is 1. The molecule has 0 saturated carbocycles. The van der Waals surface area contributed by atoms with Gasteiger partial charge in [-0.2, -0.15) is 0 Å². The van der Waals surface area contributed by atoms with E-state index >= 15 is 0 Å². The van der Waals surface area contributed by atoms with Gasteiger partial charge in [0.15, 0.2) is 0 Å². The smallest absolute Gasteiger partial charge is 0.119 e. The Bertz CT molecular complexity index is 373. The van der Waals surface area contributed by atoms with Crippen LogP contribution in [-0.2, 0) is 0 Å². The van der Waals surface area contributed by atoms with Crippen LogP contribution in [0.1, 0.15) is 20.8 Å². The predicted octanol–water partition coefficient (Wildman–Crippen LogP) is 3.06. The maximum atomic E-state index is 9.48. The van der Waals surface area contributed by atoms with Gasteiger partial charge in [-0.05, 0) is 36.7 Å². The molecule has 19 heavy (non-hydrogen) atoms. The number of benzene rings is 1. The van der Waals surface area contributed by atoms with Crippen LogP contribution < -0.4 is 4.74 Å². The quantitative estimate of drug-likeness (QED) is 0.872. The van der Waals surface area contributed by atoms with E-state index in [0.717, 1.165) is 12.3 Å². The predicted molar refractivity (Wildman–Crippen MR) is 79.9 cm³/mol. The molecule has 1 aromatic carbocycles.